The number of hydrogen-bond donors (Lipinski definition) is 1. The van der Waals surface area contributed by atoms with Gasteiger partial charge in [-0.1, -0.05) is 0 Å². The lowest BCUT2D eigenvalue weighted by Gasteiger charge is -2.18. The zero-order valence-corrected chi connectivity index (χ0v) is 11.7. The molecule has 2 unspecified atom stereocenters. The first kappa shape index (κ1) is 12.1. The van der Waals surface area contributed by atoms with E-state index in [0.717, 1.165) is 41.0 Å². The lowest BCUT2D eigenvalue weighted by Crippen LogP contribution is -2.22. The fourth-order valence-corrected chi connectivity index (χ4v) is 3.63. The van der Waals surface area contributed by atoms with E-state index >= 15 is 0 Å². The van der Waals surface area contributed by atoms with Crippen molar-refractivity contribution in [1.82, 2.24) is 0 Å². The van der Waals surface area contributed by atoms with Gasteiger partial charge >= 0.3 is 5.97 Å². The van der Waals surface area contributed by atoms with E-state index in [0.29, 0.717) is 12.8 Å². The van der Waals surface area contributed by atoms with Crippen LogP contribution in [0.2, 0.25) is 0 Å². The van der Waals surface area contributed by atoms with Gasteiger partial charge in [0.05, 0.1) is 5.41 Å². The van der Waals surface area contributed by atoms with Gasteiger partial charge in [0.15, 0.2) is 0 Å². The number of benzene rings is 1. The normalized spacial score (nSPS) is 28.3. The van der Waals surface area contributed by atoms with Gasteiger partial charge in [-0.3, -0.25) is 4.79 Å². The Morgan fingerprint density at radius 3 is 2.60 bits per heavy atom. The number of hydrogen-bond acceptors (Lipinski definition) is 3. The van der Waals surface area contributed by atoms with Crippen LogP contribution in [0.3, 0.4) is 0 Å². The third-order valence-electron chi connectivity index (χ3n) is 4.71. The summed E-state index contributed by atoms with van der Waals surface area (Å²) in [6.45, 7) is 4.05. The van der Waals surface area contributed by atoms with E-state index in [1.165, 1.54) is 0 Å². The van der Waals surface area contributed by atoms with Crippen LogP contribution in [0, 0.1) is 0 Å². The van der Waals surface area contributed by atoms with E-state index in [4.69, 9.17) is 9.47 Å². The predicted octanol–water partition coefficient (Wildman–Crippen LogP) is 2.45. The van der Waals surface area contributed by atoms with E-state index in [-0.39, 0.29) is 12.2 Å². The Labute approximate surface area is 117 Å². The van der Waals surface area contributed by atoms with Crippen molar-refractivity contribution in [2.75, 3.05) is 0 Å². The Kier molecular flexibility index (Phi) is 2.22. The van der Waals surface area contributed by atoms with E-state index in [2.05, 4.69) is 6.07 Å². The molecule has 2 aliphatic heterocycles. The Morgan fingerprint density at radius 2 is 1.95 bits per heavy atom. The number of carboxylic acid groups (broad SMARTS) is 1. The van der Waals surface area contributed by atoms with Crippen LogP contribution in [0.1, 0.15) is 43.4 Å². The summed E-state index contributed by atoms with van der Waals surface area (Å²) in [6.07, 6.45) is 3.27. The molecule has 20 heavy (non-hydrogen) atoms. The average Bonchev–Trinajstić information content (AvgIpc) is 2.96. The fourth-order valence-electron chi connectivity index (χ4n) is 3.63. The zero-order chi connectivity index (χ0) is 14.1. The van der Waals surface area contributed by atoms with E-state index in [1.807, 2.05) is 13.8 Å². The Hall–Kier alpha value is -1.71. The summed E-state index contributed by atoms with van der Waals surface area (Å²) in [6, 6.07) is 2.05. The maximum Gasteiger partial charge on any atom is 0.314 e. The van der Waals surface area contributed by atoms with Crippen LogP contribution >= 0.6 is 0 Å². The molecule has 1 aromatic rings. The molecule has 1 N–H and O–H groups in total. The summed E-state index contributed by atoms with van der Waals surface area (Å²) in [4.78, 5) is 11.8. The highest BCUT2D eigenvalue weighted by molar-refractivity contribution is 5.87. The fraction of sp³-hybridized carbons (Fsp3) is 0.562. The second-order valence-electron chi connectivity index (χ2n) is 6.37. The molecule has 0 saturated heterocycles. The molecule has 4 rings (SSSR count). The molecule has 0 amide bonds. The van der Waals surface area contributed by atoms with Crippen molar-refractivity contribution >= 4 is 5.97 Å². The SMILES string of the molecule is CC1Cc2c(cc3c(c2C2(C(=O)O)CC2)OC(C)C3)O1. The summed E-state index contributed by atoms with van der Waals surface area (Å²) in [5.41, 5.74) is 2.34. The number of ether oxygens (including phenoxy) is 2. The summed E-state index contributed by atoms with van der Waals surface area (Å²) >= 11 is 0. The van der Waals surface area contributed by atoms with Gasteiger partial charge in [0.1, 0.15) is 23.7 Å². The van der Waals surface area contributed by atoms with Crippen LogP contribution in [0.15, 0.2) is 6.07 Å². The van der Waals surface area contributed by atoms with Gasteiger partial charge < -0.3 is 14.6 Å². The van der Waals surface area contributed by atoms with E-state index < -0.39 is 11.4 Å². The number of aliphatic carboxylic acids is 1. The highest BCUT2D eigenvalue weighted by Crippen LogP contribution is 2.57. The second-order valence-corrected chi connectivity index (χ2v) is 6.37. The third kappa shape index (κ3) is 1.45. The molecule has 0 bridgehead atoms. The maximum absolute atomic E-state index is 11.8. The average molecular weight is 274 g/mol. The van der Waals surface area contributed by atoms with Gasteiger partial charge in [0, 0.05) is 29.5 Å². The van der Waals surface area contributed by atoms with Crippen molar-refractivity contribution in [3.63, 3.8) is 0 Å². The molecule has 1 saturated carbocycles. The molecule has 3 aliphatic rings. The Morgan fingerprint density at radius 1 is 1.25 bits per heavy atom. The van der Waals surface area contributed by atoms with Gasteiger partial charge in [-0.05, 0) is 32.8 Å². The summed E-state index contributed by atoms with van der Waals surface area (Å²) in [5.74, 6) is 0.973. The monoisotopic (exact) mass is 274 g/mol. The minimum atomic E-state index is -0.729. The molecule has 2 heterocycles. The van der Waals surface area contributed by atoms with Crippen LogP contribution in [0.4, 0.5) is 0 Å². The molecule has 0 spiro atoms. The van der Waals surface area contributed by atoms with Gasteiger partial charge in [0.2, 0.25) is 0 Å². The van der Waals surface area contributed by atoms with Crippen LogP contribution in [-0.2, 0) is 23.1 Å². The van der Waals surface area contributed by atoms with Gasteiger partial charge in [0.25, 0.3) is 0 Å². The molecule has 1 aromatic carbocycles. The number of fused-ring (bicyclic) bond motifs is 2. The summed E-state index contributed by atoms with van der Waals surface area (Å²) in [7, 11) is 0. The number of carboxylic acids is 1. The van der Waals surface area contributed by atoms with E-state index in [1.54, 1.807) is 0 Å². The first-order chi connectivity index (χ1) is 9.51. The number of carbonyl (C=O) groups is 1. The first-order valence-electron chi connectivity index (χ1n) is 7.27. The standard InChI is InChI=1S/C16H18O4/c1-8-5-10-7-12-11(6-9(2)19-12)13(14(10)20-8)16(3-4-16)15(17)18/h7-9H,3-6H2,1-2H3,(H,17,18). The lowest BCUT2D eigenvalue weighted by molar-refractivity contribution is -0.140. The quantitative estimate of drug-likeness (QED) is 0.900. The molecule has 0 aromatic heterocycles. The minimum Gasteiger partial charge on any atom is -0.490 e. The largest absolute Gasteiger partial charge is 0.490 e. The van der Waals surface area contributed by atoms with Crippen LogP contribution in [0.5, 0.6) is 11.5 Å². The van der Waals surface area contributed by atoms with E-state index in [9.17, 15) is 9.90 Å². The van der Waals surface area contributed by atoms with Crippen LogP contribution in [0.25, 0.3) is 0 Å². The molecule has 4 nitrogen and oxygen atoms in total. The highest BCUT2D eigenvalue weighted by Gasteiger charge is 2.56. The van der Waals surface area contributed by atoms with Crippen molar-refractivity contribution in [3.05, 3.63) is 22.8 Å². The summed E-state index contributed by atoms with van der Waals surface area (Å²) < 4.78 is 11.8. The van der Waals surface area contributed by atoms with Crippen molar-refractivity contribution in [3.8, 4) is 11.5 Å². The van der Waals surface area contributed by atoms with Crippen LogP contribution in [-0.4, -0.2) is 23.3 Å². The van der Waals surface area contributed by atoms with Gasteiger partial charge in [-0.25, -0.2) is 0 Å². The van der Waals surface area contributed by atoms with Crippen molar-refractivity contribution in [2.45, 2.75) is 57.2 Å². The number of rotatable bonds is 2. The molecule has 4 heteroatoms. The minimum absolute atomic E-state index is 0.119. The molecule has 1 fully saturated rings. The maximum atomic E-state index is 11.8. The summed E-state index contributed by atoms with van der Waals surface area (Å²) in [5, 5.41) is 9.66. The molecule has 1 aliphatic carbocycles. The Bertz CT molecular complexity index is 579. The Balaban J connectivity index is 1.95. The van der Waals surface area contributed by atoms with Gasteiger partial charge in [-0.15, -0.1) is 0 Å². The predicted molar refractivity (Wildman–Crippen MR) is 72.6 cm³/mol. The highest BCUT2D eigenvalue weighted by atomic mass is 16.5. The lowest BCUT2D eigenvalue weighted by atomic mass is 9.86. The van der Waals surface area contributed by atoms with Crippen molar-refractivity contribution in [2.24, 2.45) is 0 Å². The van der Waals surface area contributed by atoms with Crippen molar-refractivity contribution in [1.29, 1.82) is 0 Å². The first-order valence-corrected chi connectivity index (χ1v) is 7.27. The van der Waals surface area contributed by atoms with Crippen molar-refractivity contribution < 1.29 is 19.4 Å². The van der Waals surface area contributed by atoms with Gasteiger partial charge in [-0.2, -0.15) is 0 Å². The molecular weight excluding hydrogens is 256 g/mol. The third-order valence-corrected chi connectivity index (χ3v) is 4.71. The molecule has 106 valence electrons. The second kappa shape index (κ2) is 3.68. The molecular formula is C16H18O4. The smallest absolute Gasteiger partial charge is 0.314 e. The molecule has 2 atom stereocenters. The topological polar surface area (TPSA) is 55.8 Å². The molecule has 0 radical (unpaired) electrons. The van der Waals surface area contributed by atoms with Crippen LogP contribution < -0.4 is 9.47 Å². The zero-order valence-electron chi connectivity index (χ0n) is 11.7.